The predicted molar refractivity (Wildman–Crippen MR) is 94.6 cm³/mol. The molecule has 0 aliphatic rings. The van der Waals surface area contributed by atoms with Crippen molar-refractivity contribution >= 4 is 23.8 Å². The highest BCUT2D eigenvalue weighted by Crippen LogP contribution is 2.35. The van der Waals surface area contributed by atoms with Crippen LogP contribution < -0.4 is 0 Å². The van der Waals surface area contributed by atoms with E-state index >= 15 is 0 Å². The third-order valence-corrected chi connectivity index (χ3v) is 4.58. The van der Waals surface area contributed by atoms with E-state index in [4.69, 9.17) is 0 Å². The molecule has 0 fully saturated rings. The number of phenolic OH excluding ortho intramolecular Hbond substituents is 1. The van der Waals surface area contributed by atoms with Crippen LogP contribution in [0.2, 0.25) is 0 Å². The first-order valence-electron chi connectivity index (χ1n) is 7.32. The van der Waals surface area contributed by atoms with Crippen molar-refractivity contribution in [3.63, 3.8) is 0 Å². The Balaban J connectivity index is 2.24. The van der Waals surface area contributed by atoms with E-state index in [1.807, 2.05) is 30.4 Å². The summed E-state index contributed by atoms with van der Waals surface area (Å²) in [5.74, 6) is 0.295. The average molecular weight is 314 g/mol. The molecule has 22 heavy (non-hydrogen) atoms. The zero-order chi connectivity index (χ0) is 16.1. The Morgan fingerprint density at radius 2 is 1.95 bits per heavy atom. The van der Waals surface area contributed by atoms with Crippen molar-refractivity contribution in [2.24, 2.45) is 4.99 Å². The fourth-order valence-electron chi connectivity index (χ4n) is 1.94. The SMILES string of the molecule is CCN(C)C=Nc1cc(C)c(Sc2cccc(O)c2)cc1C. The molecule has 0 saturated heterocycles. The first-order valence-corrected chi connectivity index (χ1v) is 8.13. The van der Waals surface area contributed by atoms with Crippen molar-refractivity contribution < 1.29 is 5.11 Å². The molecule has 0 unspecified atom stereocenters. The largest absolute Gasteiger partial charge is 0.508 e. The van der Waals surface area contributed by atoms with Crippen LogP contribution in [0.3, 0.4) is 0 Å². The summed E-state index contributed by atoms with van der Waals surface area (Å²) in [6, 6.07) is 11.6. The Hall–Kier alpha value is -1.94. The highest BCUT2D eigenvalue weighted by molar-refractivity contribution is 7.99. The van der Waals surface area contributed by atoms with E-state index in [0.717, 1.165) is 22.7 Å². The van der Waals surface area contributed by atoms with E-state index < -0.39 is 0 Å². The number of rotatable bonds is 5. The van der Waals surface area contributed by atoms with E-state index in [2.05, 4.69) is 37.9 Å². The smallest absolute Gasteiger partial charge is 0.116 e. The number of hydrogen-bond acceptors (Lipinski definition) is 3. The number of nitrogens with zero attached hydrogens (tertiary/aromatic N) is 2. The van der Waals surface area contributed by atoms with Gasteiger partial charge >= 0.3 is 0 Å². The molecule has 0 radical (unpaired) electrons. The highest BCUT2D eigenvalue weighted by atomic mass is 32.2. The lowest BCUT2D eigenvalue weighted by Gasteiger charge is -2.11. The monoisotopic (exact) mass is 314 g/mol. The summed E-state index contributed by atoms with van der Waals surface area (Å²) in [6.45, 7) is 7.20. The van der Waals surface area contributed by atoms with Crippen LogP contribution in [-0.2, 0) is 0 Å². The van der Waals surface area contributed by atoms with E-state index in [1.54, 1.807) is 23.9 Å². The molecule has 2 rings (SSSR count). The molecule has 116 valence electrons. The summed E-state index contributed by atoms with van der Waals surface area (Å²) < 4.78 is 0. The van der Waals surface area contributed by atoms with E-state index in [1.165, 1.54) is 10.5 Å². The summed E-state index contributed by atoms with van der Waals surface area (Å²) in [6.07, 6.45) is 1.86. The highest BCUT2D eigenvalue weighted by Gasteiger charge is 2.06. The third-order valence-electron chi connectivity index (χ3n) is 3.43. The van der Waals surface area contributed by atoms with Gasteiger partial charge in [-0.15, -0.1) is 0 Å². The lowest BCUT2D eigenvalue weighted by atomic mass is 10.1. The molecule has 0 atom stereocenters. The zero-order valence-electron chi connectivity index (χ0n) is 13.5. The maximum atomic E-state index is 9.57. The topological polar surface area (TPSA) is 35.8 Å². The van der Waals surface area contributed by atoms with Gasteiger partial charge in [-0.25, -0.2) is 4.99 Å². The minimum absolute atomic E-state index is 0.295. The first kappa shape index (κ1) is 16.4. The van der Waals surface area contributed by atoms with Gasteiger partial charge in [-0.1, -0.05) is 17.8 Å². The zero-order valence-corrected chi connectivity index (χ0v) is 14.3. The summed E-state index contributed by atoms with van der Waals surface area (Å²) in [4.78, 5) is 8.82. The Morgan fingerprint density at radius 1 is 1.18 bits per heavy atom. The van der Waals surface area contributed by atoms with Gasteiger partial charge in [-0.2, -0.15) is 0 Å². The Kier molecular flexibility index (Phi) is 5.50. The molecule has 0 bridgehead atoms. The second-order valence-electron chi connectivity index (χ2n) is 5.32. The molecule has 2 aromatic rings. The quantitative estimate of drug-likeness (QED) is 0.638. The summed E-state index contributed by atoms with van der Waals surface area (Å²) in [5.41, 5.74) is 3.33. The third kappa shape index (κ3) is 4.28. The van der Waals surface area contributed by atoms with Gasteiger partial charge in [0.2, 0.25) is 0 Å². The first-order chi connectivity index (χ1) is 10.5. The molecule has 1 N–H and O–H groups in total. The van der Waals surface area contributed by atoms with Crippen LogP contribution in [0.5, 0.6) is 5.75 Å². The molecule has 0 spiro atoms. The molecule has 2 aromatic carbocycles. The molecule has 0 aromatic heterocycles. The molecular formula is C18H22N2OS. The van der Waals surface area contributed by atoms with E-state index in [9.17, 15) is 5.11 Å². The van der Waals surface area contributed by atoms with Gasteiger partial charge in [0.25, 0.3) is 0 Å². The molecule has 3 nitrogen and oxygen atoms in total. The number of aromatic hydroxyl groups is 1. The summed E-state index contributed by atoms with van der Waals surface area (Å²) in [7, 11) is 2.01. The van der Waals surface area contributed by atoms with Gasteiger partial charge in [0, 0.05) is 23.4 Å². The lowest BCUT2D eigenvalue weighted by Crippen LogP contribution is -2.14. The summed E-state index contributed by atoms with van der Waals surface area (Å²) in [5, 5.41) is 9.57. The van der Waals surface area contributed by atoms with Gasteiger partial charge in [-0.05, 0) is 62.2 Å². The van der Waals surface area contributed by atoms with Crippen LogP contribution in [0.1, 0.15) is 18.1 Å². The lowest BCUT2D eigenvalue weighted by molar-refractivity contribution is 0.474. The Bertz CT molecular complexity index is 683. The van der Waals surface area contributed by atoms with Crippen molar-refractivity contribution in [1.82, 2.24) is 4.90 Å². The number of aryl methyl sites for hydroxylation is 2. The minimum atomic E-state index is 0.295. The van der Waals surface area contributed by atoms with Crippen molar-refractivity contribution in [3.05, 3.63) is 47.5 Å². The number of hydrogen-bond donors (Lipinski definition) is 1. The van der Waals surface area contributed by atoms with E-state index in [0.29, 0.717) is 5.75 Å². The van der Waals surface area contributed by atoms with Crippen molar-refractivity contribution in [2.45, 2.75) is 30.6 Å². The van der Waals surface area contributed by atoms with Crippen molar-refractivity contribution in [1.29, 1.82) is 0 Å². The maximum absolute atomic E-state index is 9.57. The molecule has 0 amide bonds. The second kappa shape index (κ2) is 7.36. The predicted octanol–water partition coefficient (Wildman–Crippen LogP) is 4.77. The van der Waals surface area contributed by atoms with E-state index in [-0.39, 0.29) is 0 Å². The number of benzene rings is 2. The normalized spacial score (nSPS) is 11.1. The van der Waals surface area contributed by atoms with Crippen molar-refractivity contribution in [2.75, 3.05) is 13.6 Å². The molecule has 0 aliphatic heterocycles. The molecule has 0 saturated carbocycles. The molecular weight excluding hydrogens is 292 g/mol. The molecule has 4 heteroatoms. The van der Waals surface area contributed by atoms with Crippen molar-refractivity contribution in [3.8, 4) is 5.75 Å². The minimum Gasteiger partial charge on any atom is -0.508 e. The van der Waals surface area contributed by atoms with Gasteiger partial charge in [0.1, 0.15) is 5.75 Å². The fraction of sp³-hybridized carbons (Fsp3) is 0.278. The van der Waals surface area contributed by atoms with Crippen LogP contribution in [0.15, 0.2) is 51.2 Å². The Labute approximate surface area is 136 Å². The van der Waals surface area contributed by atoms with Gasteiger partial charge < -0.3 is 10.0 Å². The van der Waals surface area contributed by atoms with Crippen LogP contribution in [0.4, 0.5) is 5.69 Å². The van der Waals surface area contributed by atoms with Crippen LogP contribution in [0.25, 0.3) is 0 Å². The molecule has 0 heterocycles. The number of aliphatic imine (C=N–C) groups is 1. The average Bonchev–Trinajstić information content (AvgIpc) is 2.49. The standard InChI is InChI=1S/C18H22N2OS/c1-5-20(4)12-19-17-9-14(3)18(10-13(17)2)22-16-8-6-7-15(21)11-16/h6-12,21H,5H2,1-4H3. The van der Waals surface area contributed by atoms with Gasteiger partial charge in [0.05, 0.1) is 12.0 Å². The second-order valence-corrected chi connectivity index (χ2v) is 6.44. The maximum Gasteiger partial charge on any atom is 0.116 e. The van der Waals surface area contributed by atoms with Gasteiger partial charge in [-0.3, -0.25) is 0 Å². The molecule has 0 aliphatic carbocycles. The Morgan fingerprint density at radius 3 is 2.64 bits per heavy atom. The van der Waals surface area contributed by atoms with Crippen LogP contribution >= 0.6 is 11.8 Å². The van der Waals surface area contributed by atoms with Crippen LogP contribution in [-0.4, -0.2) is 29.9 Å². The number of phenols is 1. The fourth-order valence-corrected chi connectivity index (χ4v) is 2.98. The van der Waals surface area contributed by atoms with Crippen LogP contribution in [0, 0.1) is 13.8 Å². The summed E-state index contributed by atoms with van der Waals surface area (Å²) >= 11 is 1.66. The van der Waals surface area contributed by atoms with Gasteiger partial charge in [0.15, 0.2) is 0 Å².